The highest BCUT2D eigenvalue weighted by molar-refractivity contribution is 5.66. The number of carboxylic acid groups (broad SMARTS) is 1. The first-order chi connectivity index (χ1) is 9.79. The van der Waals surface area contributed by atoms with Crippen LogP contribution in [0.3, 0.4) is 0 Å². The van der Waals surface area contributed by atoms with Crippen molar-refractivity contribution < 1.29 is 9.90 Å². The van der Waals surface area contributed by atoms with Crippen LogP contribution >= 0.6 is 0 Å². The molecule has 1 N–H and O–H groups in total. The molecule has 20 heavy (non-hydrogen) atoms. The Morgan fingerprint density at radius 1 is 0.850 bits per heavy atom. The van der Waals surface area contributed by atoms with E-state index in [9.17, 15) is 4.79 Å². The lowest BCUT2D eigenvalue weighted by atomic mass is 10.0. The first kappa shape index (κ1) is 17.3. The van der Waals surface area contributed by atoms with Gasteiger partial charge in [-0.2, -0.15) is 0 Å². The molecule has 0 amide bonds. The third-order valence-electron chi connectivity index (χ3n) is 4.27. The quantitative estimate of drug-likeness (QED) is 0.309. The number of carboxylic acids is 1. The lowest BCUT2D eigenvalue weighted by Gasteiger charge is -2.03. The fourth-order valence-electron chi connectivity index (χ4n) is 3.00. The van der Waals surface area contributed by atoms with Gasteiger partial charge in [0.25, 0.3) is 0 Å². The number of carbonyl (C=O) groups is 1. The molecular formula is C18H32O2. The maximum absolute atomic E-state index is 10.4. The summed E-state index contributed by atoms with van der Waals surface area (Å²) in [5.41, 5.74) is 1.72. The van der Waals surface area contributed by atoms with Gasteiger partial charge in [-0.25, -0.2) is 0 Å². The second-order valence-electron chi connectivity index (χ2n) is 6.18. The molecule has 2 heteroatoms. The largest absolute Gasteiger partial charge is 0.481 e. The molecule has 1 rings (SSSR count). The Morgan fingerprint density at radius 2 is 1.40 bits per heavy atom. The predicted octanol–water partition coefficient (Wildman–Crippen LogP) is 5.86. The highest BCUT2D eigenvalue weighted by Crippen LogP contribution is 2.22. The summed E-state index contributed by atoms with van der Waals surface area (Å²) in [6, 6.07) is 0. The van der Waals surface area contributed by atoms with Crippen LogP contribution in [0, 0.1) is 0 Å². The molecule has 1 aliphatic carbocycles. The van der Waals surface area contributed by atoms with Crippen molar-refractivity contribution in [2.24, 2.45) is 0 Å². The summed E-state index contributed by atoms with van der Waals surface area (Å²) in [5.74, 6) is -0.656. The summed E-state index contributed by atoms with van der Waals surface area (Å²) in [7, 11) is 0. The molecule has 0 radical (unpaired) electrons. The van der Waals surface area contributed by atoms with E-state index < -0.39 is 5.97 Å². The van der Waals surface area contributed by atoms with E-state index in [1.807, 2.05) is 0 Å². The van der Waals surface area contributed by atoms with E-state index in [2.05, 4.69) is 6.08 Å². The van der Waals surface area contributed by atoms with Crippen molar-refractivity contribution in [1.82, 2.24) is 0 Å². The van der Waals surface area contributed by atoms with Gasteiger partial charge >= 0.3 is 5.97 Å². The van der Waals surface area contributed by atoms with Crippen molar-refractivity contribution in [2.45, 2.75) is 96.3 Å². The molecule has 1 saturated carbocycles. The Labute approximate surface area is 124 Å². The normalized spacial score (nSPS) is 15.9. The number of hydrogen-bond acceptors (Lipinski definition) is 1. The van der Waals surface area contributed by atoms with Crippen molar-refractivity contribution >= 4 is 5.97 Å². The summed E-state index contributed by atoms with van der Waals surface area (Å²) < 4.78 is 0. The van der Waals surface area contributed by atoms with Crippen LogP contribution in [0.1, 0.15) is 96.3 Å². The molecule has 0 aromatic heterocycles. The standard InChI is InChI=1S/C18H32O2/c19-18(20)16-12-6-4-2-1-3-5-9-13-17-14-10-7-8-11-15-17/h13H,1-12,14-16H2,(H,19,20). The van der Waals surface area contributed by atoms with E-state index in [-0.39, 0.29) is 0 Å². The van der Waals surface area contributed by atoms with Crippen molar-refractivity contribution in [3.05, 3.63) is 11.6 Å². The van der Waals surface area contributed by atoms with Crippen LogP contribution in [-0.2, 0) is 4.79 Å². The number of allylic oxidation sites excluding steroid dienone is 2. The zero-order chi connectivity index (χ0) is 14.5. The molecule has 0 bridgehead atoms. The molecule has 0 aromatic carbocycles. The SMILES string of the molecule is O=C(O)CCCCCCCCCC=C1CCCCCC1. The van der Waals surface area contributed by atoms with Crippen molar-refractivity contribution in [3.63, 3.8) is 0 Å². The van der Waals surface area contributed by atoms with E-state index in [1.54, 1.807) is 5.57 Å². The fraction of sp³-hybridized carbons (Fsp3) is 0.833. The molecule has 0 saturated heterocycles. The highest BCUT2D eigenvalue weighted by atomic mass is 16.4. The van der Waals surface area contributed by atoms with E-state index in [4.69, 9.17) is 5.11 Å². The Morgan fingerprint density at radius 3 is 2.00 bits per heavy atom. The molecule has 0 unspecified atom stereocenters. The van der Waals surface area contributed by atoms with Gasteiger partial charge in [-0.05, 0) is 44.9 Å². The van der Waals surface area contributed by atoms with Crippen molar-refractivity contribution in [3.8, 4) is 0 Å². The molecular weight excluding hydrogens is 248 g/mol. The van der Waals surface area contributed by atoms with Crippen molar-refractivity contribution in [2.75, 3.05) is 0 Å². The Bertz CT molecular complexity index is 271. The average Bonchev–Trinajstić information content (AvgIpc) is 2.69. The Hall–Kier alpha value is -0.790. The third kappa shape index (κ3) is 10.1. The monoisotopic (exact) mass is 280 g/mol. The smallest absolute Gasteiger partial charge is 0.303 e. The predicted molar refractivity (Wildman–Crippen MR) is 85.0 cm³/mol. The molecule has 1 aliphatic rings. The lowest BCUT2D eigenvalue weighted by molar-refractivity contribution is -0.137. The second-order valence-corrected chi connectivity index (χ2v) is 6.18. The van der Waals surface area contributed by atoms with Gasteiger partial charge in [-0.15, -0.1) is 0 Å². The maximum atomic E-state index is 10.4. The Kier molecular flexibility index (Phi) is 10.3. The second kappa shape index (κ2) is 12.0. The lowest BCUT2D eigenvalue weighted by Crippen LogP contribution is -1.93. The molecule has 116 valence electrons. The summed E-state index contributed by atoms with van der Waals surface area (Å²) >= 11 is 0. The van der Waals surface area contributed by atoms with E-state index in [0.717, 1.165) is 12.8 Å². The van der Waals surface area contributed by atoms with Crippen LogP contribution in [0.5, 0.6) is 0 Å². The van der Waals surface area contributed by atoms with Gasteiger partial charge in [0.05, 0.1) is 0 Å². The topological polar surface area (TPSA) is 37.3 Å². The molecule has 0 heterocycles. The molecule has 0 aromatic rings. The van der Waals surface area contributed by atoms with Crippen LogP contribution in [0.2, 0.25) is 0 Å². The van der Waals surface area contributed by atoms with E-state index in [0.29, 0.717) is 6.42 Å². The van der Waals surface area contributed by atoms with Gasteiger partial charge < -0.3 is 5.11 Å². The number of unbranched alkanes of at least 4 members (excludes halogenated alkanes) is 7. The van der Waals surface area contributed by atoms with Gasteiger partial charge in [-0.1, -0.05) is 56.6 Å². The highest BCUT2D eigenvalue weighted by Gasteiger charge is 2.03. The number of rotatable bonds is 10. The van der Waals surface area contributed by atoms with Crippen LogP contribution < -0.4 is 0 Å². The van der Waals surface area contributed by atoms with Crippen LogP contribution in [0.4, 0.5) is 0 Å². The van der Waals surface area contributed by atoms with Gasteiger partial charge in [0.1, 0.15) is 0 Å². The van der Waals surface area contributed by atoms with Crippen LogP contribution in [0.15, 0.2) is 11.6 Å². The minimum Gasteiger partial charge on any atom is -0.481 e. The van der Waals surface area contributed by atoms with Gasteiger partial charge in [0.2, 0.25) is 0 Å². The molecule has 0 atom stereocenters. The number of aliphatic carboxylic acids is 1. The van der Waals surface area contributed by atoms with Gasteiger partial charge in [0.15, 0.2) is 0 Å². The minimum absolute atomic E-state index is 0.341. The summed E-state index contributed by atoms with van der Waals surface area (Å²) in [6.07, 6.45) is 20.9. The fourth-order valence-corrected chi connectivity index (χ4v) is 3.00. The van der Waals surface area contributed by atoms with Gasteiger partial charge in [0, 0.05) is 6.42 Å². The van der Waals surface area contributed by atoms with Gasteiger partial charge in [-0.3, -0.25) is 4.79 Å². The summed E-state index contributed by atoms with van der Waals surface area (Å²) in [5, 5.41) is 8.53. The first-order valence-electron chi connectivity index (χ1n) is 8.69. The molecule has 1 fully saturated rings. The number of hydrogen-bond donors (Lipinski definition) is 1. The maximum Gasteiger partial charge on any atom is 0.303 e. The zero-order valence-corrected chi connectivity index (χ0v) is 13.0. The first-order valence-corrected chi connectivity index (χ1v) is 8.69. The van der Waals surface area contributed by atoms with E-state index in [1.165, 1.54) is 77.0 Å². The van der Waals surface area contributed by atoms with Crippen LogP contribution in [0.25, 0.3) is 0 Å². The zero-order valence-electron chi connectivity index (χ0n) is 13.0. The third-order valence-corrected chi connectivity index (χ3v) is 4.27. The molecule has 0 aliphatic heterocycles. The molecule has 2 nitrogen and oxygen atoms in total. The molecule has 0 spiro atoms. The van der Waals surface area contributed by atoms with Crippen molar-refractivity contribution in [1.29, 1.82) is 0 Å². The average molecular weight is 280 g/mol. The summed E-state index contributed by atoms with van der Waals surface area (Å²) in [4.78, 5) is 10.4. The van der Waals surface area contributed by atoms with Crippen LogP contribution in [-0.4, -0.2) is 11.1 Å². The summed E-state index contributed by atoms with van der Waals surface area (Å²) in [6.45, 7) is 0. The van der Waals surface area contributed by atoms with E-state index >= 15 is 0 Å². The Balaban J connectivity index is 1.86. The minimum atomic E-state index is -0.656.